The Morgan fingerprint density at radius 3 is 2.88 bits per heavy atom. The molecule has 7 nitrogen and oxygen atoms in total. The van der Waals surface area contributed by atoms with Crippen LogP contribution < -0.4 is 5.32 Å². The second-order valence-electron chi connectivity index (χ2n) is 5.23. The third-order valence-electron chi connectivity index (χ3n) is 3.81. The molecule has 1 aromatic heterocycles. The van der Waals surface area contributed by atoms with Gasteiger partial charge in [0.1, 0.15) is 17.7 Å². The fourth-order valence-corrected chi connectivity index (χ4v) is 4.54. The molecular formula is C15H14N2O5S2. The number of aldehydes is 1. The lowest BCUT2D eigenvalue weighted by molar-refractivity contribution is -0.161. The highest BCUT2D eigenvalue weighted by Crippen LogP contribution is 2.39. The molecule has 126 valence electrons. The van der Waals surface area contributed by atoms with Gasteiger partial charge in [0.15, 0.2) is 6.04 Å². The van der Waals surface area contributed by atoms with Crippen LogP contribution in [-0.4, -0.2) is 53.5 Å². The largest absolute Gasteiger partial charge is 0.467 e. The number of nitrogens with one attached hydrogen (secondary N) is 1. The maximum Gasteiger partial charge on any atom is 0.333 e. The summed E-state index contributed by atoms with van der Waals surface area (Å²) in [4.78, 5) is 49.7. The van der Waals surface area contributed by atoms with E-state index < -0.39 is 29.3 Å². The number of ether oxygens (including phenoxy) is 1. The lowest BCUT2D eigenvalue weighted by atomic mass is 9.98. The van der Waals surface area contributed by atoms with Gasteiger partial charge in [-0.25, -0.2) is 4.79 Å². The number of methoxy groups -OCH3 is 1. The lowest BCUT2D eigenvalue weighted by Crippen LogP contribution is -2.74. The normalized spacial score (nSPS) is 25.2. The fourth-order valence-electron chi connectivity index (χ4n) is 2.66. The first-order valence-electron chi connectivity index (χ1n) is 7.09. The van der Waals surface area contributed by atoms with Gasteiger partial charge in [0.25, 0.3) is 0 Å². The number of fused-ring (bicyclic) bond motifs is 1. The van der Waals surface area contributed by atoms with Crippen molar-refractivity contribution in [1.29, 1.82) is 0 Å². The van der Waals surface area contributed by atoms with E-state index >= 15 is 0 Å². The van der Waals surface area contributed by atoms with Gasteiger partial charge in [-0.3, -0.25) is 14.4 Å². The molecule has 0 spiro atoms. The van der Waals surface area contributed by atoms with Gasteiger partial charge in [0.05, 0.1) is 13.5 Å². The minimum absolute atomic E-state index is 0.180. The van der Waals surface area contributed by atoms with E-state index in [1.807, 2.05) is 17.5 Å². The number of esters is 1. The molecule has 0 radical (unpaired) electrons. The molecule has 1 aromatic rings. The summed E-state index contributed by atoms with van der Waals surface area (Å²) >= 11 is 2.70. The minimum Gasteiger partial charge on any atom is -0.467 e. The Balaban J connectivity index is 1.70. The Labute approximate surface area is 146 Å². The molecule has 3 atom stereocenters. The maximum atomic E-state index is 12.4. The second-order valence-corrected chi connectivity index (χ2v) is 7.26. The standard InChI is InChI=1S/C15H14N2O5S2/c1-22-15(21)12-8(6-18)7-24-14-11(13(20)17(12)14)16-10(19)5-9-3-2-4-23-9/h2-4,6-7,11-12,14H,5H2,1H3,(H,16,19)/t11?,12?,14-/m0/s1. The number of hydrogen-bond acceptors (Lipinski definition) is 7. The number of thioether (sulfide) groups is 1. The van der Waals surface area contributed by atoms with Gasteiger partial charge in [-0.2, -0.15) is 0 Å². The van der Waals surface area contributed by atoms with Crippen molar-refractivity contribution in [1.82, 2.24) is 10.2 Å². The molecule has 0 saturated carbocycles. The summed E-state index contributed by atoms with van der Waals surface area (Å²) in [5.74, 6) is -1.32. The molecule has 3 rings (SSSR count). The van der Waals surface area contributed by atoms with Crippen LogP contribution in [0.5, 0.6) is 0 Å². The first-order valence-corrected chi connectivity index (χ1v) is 8.91. The van der Waals surface area contributed by atoms with Crippen LogP contribution in [0.3, 0.4) is 0 Å². The Morgan fingerprint density at radius 2 is 2.25 bits per heavy atom. The Bertz CT molecular complexity index is 715. The third kappa shape index (κ3) is 2.84. The number of hydrogen-bond donors (Lipinski definition) is 1. The van der Waals surface area contributed by atoms with Crippen LogP contribution in [0, 0.1) is 0 Å². The van der Waals surface area contributed by atoms with Crippen molar-refractivity contribution in [3.05, 3.63) is 33.4 Å². The average Bonchev–Trinajstić information content (AvgIpc) is 3.10. The highest BCUT2D eigenvalue weighted by molar-refractivity contribution is 8.03. The Hall–Kier alpha value is -2.13. The number of carbonyl (C=O) groups excluding carboxylic acids is 4. The van der Waals surface area contributed by atoms with E-state index in [-0.39, 0.29) is 17.9 Å². The van der Waals surface area contributed by atoms with Crippen LogP contribution in [-0.2, 0) is 30.3 Å². The van der Waals surface area contributed by atoms with Crippen molar-refractivity contribution in [2.45, 2.75) is 23.9 Å². The highest BCUT2D eigenvalue weighted by atomic mass is 32.2. The number of rotatable bonds is 5. The monoisotopic (exact) mass is 366 g/mol. The zero-order valence-corrected chi connectivity index (χ0v) is 14.3. The summed E-state index contributed by atoms with van der Waals surface area (Å²) < 4.78 is 4.68. The fraction of sp³-hybridized carbons (Fsp3) is 0.333. The summed E-state index contributed by atoms with van der Waals surface area (Å²) in [6, 6.07) is 1.95. The second kappa shape index (κ2) is 6.78. The van der Waals surface area contributed by atoms with E-state index in [1.165, 1.54) is 35.1 Å². The molecule has 9 heteroatoms. The van der Waals surface area contributed by atoms with Crippen molar-refractivity contribution in [2.75, 3.05) is 7.11 Å². The van der Waals surface area contributed by atoms with Gasteiger partial charge in [-0.1, -0.05) is 6.07 Å². The average molecular weight is 366 g/mol. The van der Waals surface area contributed by atoms with Crippen LogP contribution in [0.2, 0.25) is 0 Å². The van der Waals surface area contributed by atoms with Gasteiger partial charge in [0, 0.05) is 10.5 Å². The zero-order valence-electron chi connectivity index (χ0n) is 12.6. The summed E-state index contributed by atoms with van der Waals surface area (Å²) in [5, 5.41) is 5.70. The van der Waals surface area contributed by atoms with Gasteiger partial charge < -0.3 is 15.0 Å². The van der Waals surface area contributed by atoms with Crippen LogP contribution in [0.4, 0.5) is 0 Å². The lowest BCUT2D eigenvalue weighted by Gasteiger charge is -2.51. The maximum absolute atomic E-state index is 12.4. The molecule has 0 aromatic carbocycles. The van der Waals surface area contributed by atoms with Gasteiger partial charge in [-0.05, 0) is 16.9 Å². The quantitative estimate of drug-likeness (QED) is 0.458. The van der Waals surface area contributed by atoms with E-state index in [2.05, 4.69) is 10.1 Å². The van der Waals surface area contributed by atoms with Crippen LogP contribution >= 0.6 is 23.1 Å². The zero-order chi connectivity index (χ0) is 17.3. The predicted molar refractivity (Wildman–Crippen MR) is 88.1 cm³/mol. The molecule has 24 heavy (non-hydrogen) atoms. The molecule has 2 aliphatic rings. The molecule has 2 aliphatic heterocycles. The molecule has 1 saturated heterocycles. The summed E-state index contributed by atoms with van der Waals surface area (Å²) in [6.45, 7) is 0. The van der Waals surface area contributed by atoms with Crippen LogP contribution in [0.25, 0.3) is 0 Å². The molecule has 1 fully saturated rings. The molecular weight excluding hydrogens is 352 g/mol. The third-order valence-corrected chi connectivity index (χ3v) is 5.87. The molecule has 2 amide bonds. The van der Waals surface area contributed by atoms with Crippen molar-refractivity contribution in [2.24, 2.45) is 0 Å². The number of nitrogens with zero attached hydrogens (tertiary/aromatic N) is 1. The number of thiophene rings is 1. The Kier molecular flexibility index (Phi) is 4.72. The van der Waals surface area contributed by atoms with Crippen LogP contribution in [0.15, 0.2) is 28.5 Å². The van der Waals surface area contributed by atoms with E-state index in [9.17, 15) is 19.2 Å². The van der Waals surface area contributed by atoms with Gasteiger partial charge >= 0.3 is 5.97 Å². The number of carbonyl (C=O) groups is 4. The van der Waals surface area contributed by atoms with Gasteiger partial charge in [-0.15, -0.1) is 23.1 Å². The summed E-state index contributed by atoms with van der Waals surface area (Å²) in [7, 11) is 1.20. The number of amides is 2. The highest BCUT2D eigenvalue weighted by Gasteiger charge is 2.56. The first-order chi connectivity index (χ1) is 11.6. The number of β-lactam (4-membered cyclic amide) rings is 1. The van der Waals surface area contributed by atoms with E-state index in [0.717, 1.165) is 4.88 Å². The summed E-state index contributed by atoms with van der Waals surface area (Å²) in [6.07, 6.45) is 0.746. The van der Waals surface area contributed by atoms with E-state index in [4.69, 9.17) is 0 Å². The smallest absolute Gasteiger partial charge is 0.333 e. The first kappa shape index (κ1) is 16.7. The predicted octanol–water partition coefficient (Wildman–Crippen LogP) is 0.315. The van der Waals surface area contributed by atoms with E-state index in [0.29, 0.717) is 6.29 Å². The molecule has 2 unspecified atom stereocenters. The van der Waals surface area contributed by atoms with Crippen LogP contribution in [0.1, 0.15) is 4.88 Å². The van der Waals surface area contributed by atoms with E-state index in [1.54, 1.807) is 5.41 Å². The Morgan fingerprint density at radius 1 is 1.46 bits per heavy atom. The summed E-state index contributed by atoms with van der Waals surface area (Å²) in [5.41, 5.74) is 0.180. The molecule has 3 heterocycles. The minimum atomic E-state index is -1.04. The SMILES string of the molecule is COC(=O)C1C(C=O)=CS[C@H]2C(NC(=O)Cc3cccs3)C(=O)N12. The van der Waals surface area contributed by atoms with Crippen molar-refractivity contribution in [3.63, 3.8) is 0 Å². The molecule has 1 N–H and O–H groups in total. The van der Waals surface area contributed by atoms with Crippen molar-refractivity contribution in [3.8, 4) is 0 Å². The van der Waals surface area contributed by atoms with Gasteiger partial charge in [0.2, 0.25) is 11.8 Å². The molecule has 0 aliphatic carbocycles. The van der Waals surface area contributed by atoms with Crippen molar-refractivity contribution < 1.29 is 23.9 Å². The molecule has 0 bridgehead atoms. The van der Waals surface area contributed by atoms with Crippen molar-refractivity contribution >= 4 is 47.2 Å². The topological polar surface area (TPSA) is 92.8 Å².